The highest BCUT2D eigenvalue weighted by molar-refractivity contribution is 5.69. The first kappa shape index (κ1) is 11.8. The van der Waals surface area contributed by atoms with Crippen molar-refractivity contribution < 1.29 is 19.0 Å². The normalized spacial score (nSPS) is 28.9. The predicted molar refractivity (Wildman–Crippen MR) is 57.2 cm³/mol. The topological polar surface area (TPSA) is 56.8 Å². The summed E-state index contributed by atoms with van der Waals surface area (Å²) in [5, 5.41) is 3.30. The van der Waals surface area contributed by atoms with E-state index < -0.39 is 0 Å². The molecule has 2 saturated heterocycles. The molecule has 0 saturated carbocycles. The Labute approximate surface area is 95.4 Å². The summed E-state index contributed by atoms with van der Waals surface area (Å²) >= 11 is 0. The number of piperidine rings is 1. The van der Waals surface area contributed by atoms with Crippen molar-refractivity contribution in [3.8, 4) is 0 Å². The van der Waals surface area contributed by atoms with Crippen molar-refractivity contribution in [3.05, 3.63) is 0 Å². The first-order chi connectivity index (χ1) is 7.74. The number of carbonyl (C=O) groups excluding carboxylic acids is 1. The van der Waals surface area contributed by atoms with Crippen LogP contribution in [0.4, 0.5) is 0 Å². The molecule has 2 aliphatic heterocycles. The number of esters is 1. The zero-order chi connectivity index (χ0) is 11.4. The third-order valence-electron chi connectivity index (χ3n) is 3.22. The quantitative estimate of drug-likeness (QED) is 0.680. The molecule has 92 valence electrons. The van der Waals surface area contributed by atoms with E-state index in [0.717, 1.165) is 25.9 Å². The van der Waals surface area contributed by atoms with Gasteiger partial charge in [-0.25, -0.2) is 0 Å². The number of ether oxygens (including phenoxy) is 3. The molecule has 2 aliphatic rings. The molecule has 5 heteroatoms. The fourth-order valence-electron chi connectivity index (χ4n) is 2.31. The third kappa shape index (κ3) is 2.72. The maximum Gasteiger partial charge on any atom is 0.308 e. The Morgan fingerprint density at radius 3 is 2.94 bits per heavy atom. The van der Waals surface area contributed by atoms with Crippen LogP contribution in [-0.4, -0.2) is 51.1 Å². The van der Waals surface area contributed by atoms with Crippen LogP contribution in [0, 0.1) is 0 Å². The highest BCUT2D eigenvalue weighted by Gasteiger charge is 2.39. The second-order valence-corrected chi connectivity index (χ2v) is 4.47. The molecule has 0 aromatic carbocycles. The monoisotopic (exact) mass is 229 g/mol. The van der Waals surface area contributed by atoms with Crippen molar-refractivity contribution in [2.24, 2.45) is 0 Å². The minimum absolute atomic E-state index is 0.153. The Kier molecular flexibility index (Phi) is 3.78. The van der Waals surface area contributed by atoms with Gasteiger partial charge in [0.2, 0.25) is 0 Å². The van der Waals surface area contributed by atoms with Crippen molar-refractivity contribution in [1.29, 1.82) is 0 Å². The first-order valence-electron chi connectivity index (χ1n) is 5.77. The SMILES string of the molecule is COC(=O)CC1COCC2(CCNCC2)O1. The lowest BCUT2D eigenvalue weighted by Gasteiger charge is -2.43. The number of carbonyl (C=O) groups is 1. The average molecular weight is 229 g/mol. The summed E-state index contributed by atoms with van der Waals surface area (Å²) in [4.78, 5) is 11.2. The maximum absolute atomic E-state index is 11.2. The Hall–Kier alpha value is -0.650. The molecule has 1 spiro atoms. The van der Waals surface area contributed by atoms with Gasteiger partial charge in [-0.3, -0.25) is 4.79 Å². The molecule has 1 N–H and O–H groups in total. The number of methoxy groups -OCH3 is 1. The summed E-state index contributed by atoms with van der Waals surface area (Å²) in [5.74, 6) is -0.236. The summed E-state index contributed by atoms with van der Waals surface area (Å²) in [6.07, 6.45) is 2.03. The molecule has 1 atom stereocenters. The molecular formula is C11H19NO4. The van der Waals surface area contributed by atoms with Crippen molar-refractivity contribution in [3.63, 3.8) is 0 Å². The highest BCUT2D eigenvalue weighted by Crippen LogP contribution is 2.29. The molecule has 2 heterocycles. The van der Waals surface area contributed by atoms with Gasteiger partial charge in [-0.05, 0) is 25.9 Å². The molecule has 2 rings (SSSR count). The van der Waals surface area contributed by atoms with Crippen molar-refractivity contribution in [1.82, 2.24) is 5.32 Å². The van der Waals surface area contributed by atoms with Crippen LogP contribution in [0.1, 0.15) is 19.3 Å². The fraction of sp³-hybridized carbons (Fsp3) is 0.909. The van der Waals surface area contributed by atoms with E-state index in [0.29, 0.717) is 13.2 Å². The van der Waals surface area contributed by atoms with Crippen molar-refractivity contribution >= 4 is 5.97 Å². The van der Waals surface area contributed by atoms with Crippen LogP contribution in [-0.2, 0) is 19.0 Å². The van der Waals surface area contributed by atoms with Crippen molar-refractivity contribution in [2.75, 3.05) is 33.4 Å². The fourth-order valence-corrected chi connectivity index (χ4v) is 2.31. The number of hydrogen-bond donors (Lipinski definition) is 1. The average Bonchev–Trinajstić information content (AvgIpc) is 2.30. The minimum Gasteiger partial charge on any atom is -0.469 e. The first-order valence-corrected chi connectivity index (χ1v) is 5.77. The lowest BCUT2D eigenvalue weighted by atomic mass is 9.91. The Balaban J connectivity index is 1.90. The van der Waals surface area contributed by atoms with E-state index in [1.165, 1.54) is 7.11 Å². The van der Waals surface area contributed by atoms with Gasteiger partial charge in [0, 0.05) is 0 Å². The van der Waals surface area contributed by atoms with E-state index in [2.05, 4.69) is 10.1 Å². The molecule has 16 heavy (non-hydrogen) atoms. The summed E-state index contributed by atoms with van der Waals surface area (Å²) in [6.45, 7) is 3.04. The minimum atomic E-state index is -0.236. The van der Waals surface area contributed by atoms with Crippen LogP contribution in [0.15, 0.2) is 0 Å². The zero-order valence-corrected chi connectivity index (χ0v) is 9.66. The second kappa shape index (κ2) is 5.12. The summed E-state index contributed by atoms with van der Waals surface area (Å²) < 4.78 is 16.2. The number of hydrogen-bond acceptors (Lipinski definition) is 5. The molecule has 0 bridgehead atoms. The van der Waals surface area contributed by atoms with Crippen molar-refractivity contribution in [2.45, 2.75) is 31.0 Å². The zero-order valence-electron chi connectivity index (χ0n) is 9.66. The van der Waals surface area contributed by atoms with E-state index in [9.17, 15) is 4.79 Å². The van der Waals surface area contributed by atoms with Gasteiger partial charge in [-0.2, -0.15) is 0 Å². The summed E-state index contributed by atoms with van der Waals surface area (Å²) in [7, 11) is 1.40. The summed E-state index contributed by atoms with van der Waals surface area (Å²) in [5.41, 5.74) is -0.178. The maximum atomic E-state index is 11.2. The Bertz CT molecular complexity index is 245. The van der Waals surface area contributed by atoms with E-state index in [1.54, 1.807) is 0 Å². The molecule has 5 nitrogen and oxygen atoms in total. The van der Waals surface area contributed by atoms with E-state index in [4.69, 9.17) is 9.47 Å². The highest BCUT2D eigenvalue weighted by atomic mass is 16.6. The van der Waals surface area contributed by atoms with E-state index in [1.807, 2.05) is 0 Å². The van der Waals surface area contributed by atoms with Crippen LogP contribution in [0.3, 0.4) is 0 Å². The van der Waals surface area contributed by atoms with Gasteiger partial charge in [0.25, 0.3) is 0 Å². The number of nitrogens with one attached hydrogen (secondary N) is 1. The van der Waals surface area contributed by atoms with Gasteiger partial charge in [0.05, 0.1) is 38.4 Å². The summed E-state index contributed by atoms with van der Waals surface area (Å²) in [6, 6.07) is 0. The van der Waals surface area contributed by atoms with Crippen LogP contribution < -0.4 is 5.32 Å². The lowest BCUT2D eigenvalue weighted by Crippen LogP contribution is -2.53. The lowest BCUT2D eigenvalue weighted by molar-refractivity contribution is -0.211. The Morgan fingerprint density at radius 2 is 2.25 bits per heavy atom. The second-order valence-electron chi connectivity index (χ2n) is 4.47. The van der Waals surface area contributed by atoms with E-state index in [-0.39, 0.29) is 24.1 Å². The smallest absolute Gasteiger partial charge is 0.308 e. The standard InChI is InChI=1S/C11H19NO4/c1-14-10(13)6-9-7-15-8-11(16-9)2-4-12-5-3-11/h9,12H,2-8H2,1H3. The van der Waals surface area contributed by atoms with Gasteiger partial charge in [0.15, 0.2) is 0 Å². The van der Waals surface area contributed by atoms with Gasteiger partial charge < -0.3 is 19.5 Å². The molecule has 0 amide bonds. The molecule has 0 aliphatic carbocycles. The van der Waals surface area contributed by atoms with Gasteiger partial charge in [-0.1, -0.05) is 0 Å². The van der Waals surface area contributed by atoms with Crippen LogP contribution in [0.25, 0.3) is 0 Å². The largest absolute Gasteiger partial charge is 0.469 e. The predicted octanol–water partition coefficient (Wildman–Crippen LogP) is 0.0871. The molecule has 0 aromatic rings. The van der Waals surface area contributed by atoms with Gasteiger partial charge >= 0.3 is 5.97 Å². The Morgan fingerprint density at radius 1 is 1.50 bits per heavy atom. The van der Waals surface area contributed by atoms with Gasteiger partial charge in [-0.15, -0.1) is 0 Å². The van der Waals surface area contributed by atoms with Crippen LogP contribution in [0.2, 0.25) is 0 Å². The van der Waals surface area contributed by atoms with Crippen LogP contribution >= 0.6 is 0 Å². The van der Waals surface area contributed by atoms with Crippen LogP contribution in [0.5, 0.6) is 0 Å². The number of rotatable bonds is 2. The van der Waals surface area contributed by atoms with Gasteiger partial charge in [0.1, 0.15) is 0 Å². The molecule has 2 fully saturated rings. The molecular weight excluding hydrogens is 210 g/mol. The van der Waals surface area contributed by atoms with E-state index >= 15 is 0 Å². The molecule has 1 unspecified atom stereocenters. The third-order valence-corrected chi connectivity index (χ3v) is 3.22. The molecule has 0 radical (unpaired) electrons. The molecule has 0 aromatic heterocycles.